The monoisotopic (exact) mass is 310 g/mol. The highest BCUT2D eigenvalue weighted by Gasteiger charge is 2.32. The van der Waals surface area contributed by atoms with Gasteiger partial charge in [-0.2, -0.15) is 0 Å². The summed E-state index contributed by atoms with van der Waals surface area (Å²) in [5.74, 6) is 0. The molecular formula is C12H17Cl3OSi. The summed E-state index contributed by atoms with van der Waals surface area (Å²) in [6, 6.07) is 4.14. The van der Waals surface area contributed by atoms with E-state index >= 15 is 0 Å². The van der Waals surface area contributed by atoms with Crippen molar-refractivity contribution in [1.82, 2.24) is 0 Å². The molecule has 0 aliphatic heterocycles. The summed E-state index contributed by atoms with van der Waals surface area (Å²) >= 11 is 18.0. The van der Waals surface area contributed by atoms with E-state index in [-0.39, 0.29) is 0 Å². The molecule has 0 aliphatic rings. The number of benzene rings is 1. The Morgan fingerprint density at radius 1 is 1.12 bits per heavy atom. The molecule has 96 valence electrons. The Balaban J connectivity index is 3.20. The molecule has 0 bridgehead atoms. The van der Waals surface area contributed by atoms with Gasteiger partial charge in [-0.25, -0.2) is 0 Å². The largest absolute Gasteiger partial charge is 0.386 e. The van der Waals surface area contributed by atoms with Crippen molar-refractivity contribution in [3.05, 3.63) is 32.8 Å². The van der Waals surface area contributed by atoms with Crippen molar-refractivity contribution < 1.29 is 5.11 Å². The highest BCUT2D eigenvalue weighted by molar-refractivity contribution is 6.76. The number of hydrogen-bond donors (Lipinski definition) is 1. The van der Waals surface area contributed by atoms with E-state index in [9.17, 15) is 5.11 Å². The van der Waals surface area contributed by atoms with Crippen molar-refractivity contribution in [1.29, 1.82) is 0 Å². The molecule has 1 N–H and O–H groups in total. The standard InChI is InChI=1S/C12H17Cl3OSi/c1-12(16,7-17(2,3)4)8-5-6-9(13)11(15)10(8)14/h5-6,16H,7H2,1-4H3. The van der Waals surface area contributed by atoms with Gasteiger partial charge in [-0.1, -0.05) is 60.5 Å². The van der Waals surface area contributed by atoms with Gasteiger partial charge in [0.1, 0.15) is 0 Å². The highest BCUT2D eigenvalue weighted by atomic mass is 35.5. The molecule has 1 atom stereocenters. The van der Waals surface area contributed by atoms with Crippen LogP contribution in [0.3, 0.4) is 0 Å². The first kappa shape index (κ1) is 15.3. The molecule has 1 nitrogen and oxygen atoms in total. The van der Waals surface area contributed by atoms with Crippen LogP contribution >= 0.6 is 34.8 Å². The first-order valence-electron chi connectivity index (χ1n) is 5.41. The molecule has 0 spiro atoms. The van der Waals surface area contributed by atoms with E-state index in [1.165, 1.54) is 0 Å². The summed E-state index contributed by atoms with van der Waals surface area (Å²) in [5, 5.41) is 11.6. The highest BCUT2D eigenvalue weighted by Crippen LogP contribution is 2.40. The van der Waals surface area contributed by atoms with Gasteiger partial charge < -0.3 is 5.11 Å². The second-order valence-corrected chi connectivity index (χ2v) is 12.4. The fourth-order valence-corrected chi connectivity index (χ4v) is 5.06. The maximum absolute atomic E-state index is 10.6. The van der Waals surface area contributed by atoms with Crippen LogP contribution in [0.4, 0.5) is 0 Å². The maximum Gasteiger partial charge on any atom is 0.0860 e. The molecule has 0 aliphatic carbocycles. The average molecular weight is 312 g/mol. The van der Waals surface area contributed by atoms with E-state index in [0.717, 1.165) is 6.04 Å². The van der Waals surface area contributed by atoms with E-state index < -0.39 is 13.7 Å². The number of rotatable bonds is 3. The maximum atomic E-state index is 10.6. The molecule has 0 saturated carbocycles. The van der Waals surface area contributed by atoms with Crippen molar-refractivity contribution in [2.45, 2.75) is 38.2 Å². The van der Waals surface area contributed by atoms with Gasteiger partial charge in [-0.05, 0) is 19.0 Å². The quantitative estimate of drug-likeness (QED) is 0.601. The minimum absolute atomic E-state index is 0.307. The second-order valence-electron chi connectivity index (χ2n) is 5.73. The summed E-state index contributed by atoms with van der Waals surface area (Å²) in [4.78, 5) is 0. The van der Waals surface area contributed by atoms with Gasteiger partial charge in [0.2, 0.25) is 0 Å². The van der Waals surface area contributed by atoms with E-state index in [1.54, 1.807) is 19.1 Å². The summed E-state index contributed by atoms with van der Waals surface area (Å²) in [5.41, 5.74) is -0.313. The van der Waals surface area contributed by atoms with Gasteiger partial charge >= 0.3 is 0 Å². The van der Waals surface area contributed by atoms with Gasteiger partial charge in [0.05, 0.1) is 20.7 Å². The van der Waals surface area contributed by atoms with Gasteiger partial charge in [0.15, 0.2) is 0 Å². The molecule has 1 rings (SSSR count). The zero-order valence-electron chi connectivity index (χ0n) is 10.4. The lowest BCUT2D eigenvalue weighted by Crippen LogP contribution is -2.33. The first-order valence-corrected chi connectivity index (χ1v) is 10.2. The van der Waals surface area contributed by atoms with E-state index in [1.807, 2.05) is 0 Å². The van der Waals surface area contributed by atoms with Crippen molar-refractivity contribution >= 4 is 42.9 Å². The third-order valence-electron chi connectivity index (χ3n) is 2.49. The zero-order valence-corrected chi connectivity index (χ0v) is 13.7. The lowest BCUT2D eigenvalue weighted by Gasteiger charge is -2.31. The molecular weight excluding hydrogens is 295 g/mol. The van der Waals surface area contributed by atoms with Gasteiger partial charge in [0, 0.05) is 13.6 Å². The third-order valence-corrected chi connectivity index (χ3v) is 5.53. The van der Waals surface area contributed by atoms with E-state index in [4.69, 9.17) is 34.8 Å². The minimum atomic E-state index is -1.41. The smallest absolute Gasteiger partial charge is 0.0860 e. The zero-order chi connectivity index (χ0) is 13.4. The lowest BCUT2D eigenvalue weighted by molar-refractivity contribution is 0.0771. The Kier molecular flexibility index (Phi) is 4.60. The summed E-state index contributed by atoms with van der Waals surface area (Å²) in [6.07, 6.45) is 0. The molecule has 1 aromatic carbocycles. The normalized spacial score (nSPS) is 15.8. The Labute approximate surface area is 119 Å². The van der Waals surface area contributed by atoms with Crippen LogP contribution in [0, 0.1) is 0 Å². The molecule has 0 saturated heterocycles. The first-order chi connectivity index (χ1) is 7.54. The average Bonchev–Trinajstić information content (AvgIpc) is 2.09. The molecule has 17 heavy (non-hydrogen) atoms. The summed E-state index contributed by atoms with van der Waals surface area (Å²) in [7, 11) is -1.41. The van der Waals surface area contributed by atoms with Crippen molar-refractivity contribution in [2.75, 3.05) is 0 Å². The fourth-order valence-electron chi connectivity index (χ4n) is 2.07. The molecule has 0 aromatic heterocycles. The van der Waals surface area contributed by atoms with Gasteiger partial charge in [-0.15, -0.1) is 0 Å². The van der Waals surface area contributed by atoms with Crippen LogP contribution in [0.2, 0.25) is 40.8 Å². The molecule has 5 heteroatoms. The Bertz CT molecular complexity index is 424. The number of aliphatic hydroxyl groups is 1. The van der Waals surface area contributed by atoms with E-state index in [2.05, 4.69) is 19.6 Å². The third kappa shape index (κ3) is 3.87. The second kappa shape index (κ2) is 5.10. The van der Waals surface area contributed by atoms with Gasteiger partial charge in [-0.3, -0.25) is 0 Å². The van der Waals surface area contributed by atoms with Crippen LogP contribution in [0.25, 0.3) is 0 Å². The fraction of sp³-hybridized carbons (Fsp3) is 0.500. The topological polar surface area (TPSA) is 20.2 Å². The number of hydrogen-bond acceptors (Lipinski definition) is 1. The van der Waals surface area contributed by atoms with Crippen molar-refractivity contribution in [2.24, 2.45) is 0 Å². The number of halogens is 3. The SMILES string of the molecule is CC(O)(C[Si](C)(C)C)c1ccc(Cl)c(Cl)c1Cl. The predicted molar refractivity (Wildman–Crippen MR) is 79.2 cm³/mol. The summed E-state index contributed by atoms with van der Waals surface area (Å²) < 4.78 is 0. The van der Waals surface area contributed by atoms with E-state index in [0.29, 0.717) is 20.6 Å². The van der Waals surface area contributed by atoms with Crippen LogP contribution in [0.5, 0.6) is 0 Å². The molecule has 0 amide bonds. The minimum Gasteiger partial charge on any atom is -0.386 e. The Morgan fingerprint density at radius 3 is 2.12 bits per heavy atom. The molecule has 0 radical (unpaired) electrons. The summed E-state index contributed by atoms with van der Waals surface area (Å²) in [6.45, 7) is 8.38. The predicted octanol–water partition coefficient (Wildman–Crippen LogP) is 5.19. The van der Waals surface area contributed by atoms with Crippen LogP contribution in [-0.2, 0) is 5.60 Å². The Hall–Kier alpha value is 0.267. The van der Waals surface area contributed by atoms with Crippen LogP contribution in [0.1, 0.15) is 12.5 Å². The molecule has 1 unspecified atom stereocenters. The molecule has 0 fully saturated rings. The van der Waals surface area contributed by atoms with Crippen LogP contribution < -0.4 is 0 Å². The van der Waals surface area contributed by atoms with Crippen molar-refractivity contribution in [3.63, 3.8) is 0 Å². The molecule has 0 heterocycles. The Morgan fingerprint density at radius 2 is 1.65 bits per heavy atom. The van der Waals surface area contributed by atoms with Crippen LogP contribution in [-0.4, -0.2) is 13.2 Å². The lowest BCUT2D eigenvalue weighted by atomic mass is 9.98. The molecule has 1 aromatic rings. The van der Waals surface area contributed by atoms with Crippen LogP contribution in [0.15, 0.2) is 12.1 Å². The van der Waals surface area contributed by atoms with Gasteiger partial charge in [0.25, 0.3) is 0 Å². The van der Waals surface area contributed by atoms with Crippen molar-refractivity contribution in [3.8, 4) is 0 Å².